The third-order valence-corrected chi connectivity index (χ3v) is 4.61. The van der Waals surface area contributed by atoms with Gasteiger partial charge in [-0.25, -0.2) is 4.68 Å². The number of amides is 2. The van der Waals surface area contributed by atoms with Gasteiger partial charge in [0.25, 0.3) is 5.56 Å². The van der Waals surface area contributed by atoms with E-state index in [4.69, 9.17) is 4.74 Å². The zero-order valence-corrected chi connectivity index (χ0v) is 15.4. The van der Waals surface area contributed by atoms with Gasteiger partial charge in [0.2, 0.25) is 11.8 Å². The Bertz CT molecular complexity index is 901. The molecular weight excluding hydrogens is 348 g/mol. The number of carbonyl (C=O) groups is 2. The molecule has 142 valence electrons. The fourth-order valence-corrected chi connectivity index (χ4v) is 3.06. The van der Waals surface area contributed by atoms with E-state index in [2.05, 4.69) is 5.10 Å². The lowest BCUT2D eigenvalue weighted by atomic mass is 10.1. The van der Waals surface area contributed by atoms with E-state index in [0.29, 0.717) is 37.6 Å². The minimum atomic E-state index is -0.343. The average Bonchev–Trinajstić information content (AvgIpc) is 2.69. The van der Waals surface area contributed by atoms with Crippen LogP contribution in [0.3, 0.4) is 0 Å². The third-order valence-electron chi connectivity index (χ3n) is 4.61. The highest BCUT2D eigenvalue weighted by Crippen LogP contribution is 2.27. The lowest BCUT2D eigenvalue weighted by Gasteiger charge is -2.34. The van der Waals surface area contributed by atoms with E-state index in [-0.39, 0.29) is 23.9 Å². The van der Waals surface area contributed by atoms with Crippen LogP contribution in [0.15, 0.2) is 41.2 Å². The molecule has 1 aliphatic heterocycles. The number of methoxy groups -OCH3 is 1. The number of carbonyl (C=O) groups excluding carboxylic acids is 2. The van der Waals surface area contributed by atoms with Crippen LogP contribution in [0.25, 0.3) is 11.3 Å². The van der Waals surface area contributed by atoms with E-state index in [1.54, 1.807) is 23.0 Å². The summed E-state index contributed by atoms with van der Waals surface area (Å²) in [6.07, 6.45) is 0. The SMILES string of the molecule is COc1ccccc1-c1ccc(=O)n(CC(=O)N2CCN(C(C)=O)CC2)n1. The van der Waals surface area contributed by atoms with Gasteiger partial charge >= 0.3 is 0 Å². The highest BCUT2D eigenvalue weighted by Gasteiger charge is 2.23. The van der Waals surface area contributed by atoms with E-state index in [1.807, 2.05) is 24.3 Å². The predicted molar refractivity (Wildman–Crippen MR) is 99.3 cm³/mol. The number of benzene rings is 1. The van der Waals surface area contributed by atoms with Gasteiger partial charge in [-0.3, -0.25) is 14.4 Å². The Labute approximate surface area is 157 Å². The van der Waals surface area contributed by atoms with Crippen molar-refractivity contribution in [3.8, 4) is 17.0 Å². The van der Waals surface area contributed by atoms with Crippen molar-refractivity contribution in [3.05, 3.63) is 46.8 Å². The maximum Gasteiger partial charge on any atom is 0.267 e. The highest BCUT2D eigenvalue weighted by molar-refractivity contribution is 5.77. The van der Waals surface area contributed by atoms with Gasteiger partial charge in [-0.05, 0) is 18.2 Å². The predicted octanol–water partition coefficient (Wildman–Crippen LogP) is 0.610. The summed E-state index contributed by atoms with van der Waals surface area (Å²) >= 11 is 0. The van der Waals surface area contributed by atoms with Gasteiger partial charge < -0.3 is 14.5 Å². The number of piperazine rings is 1. The molecule has 3 rings (SSSR count). The summed E-state index contributed by atoms with van der Waals surface area (Å²) in [6, 6.07) is 10.4. The number of ether oxygens (including phenoxy) is 1. The van der Waals surface area contributed by atoms with Gasteiger partial charge in [0.05, 0.1) is 12.8 Å². The molecule has 1 aromatic heterocycles. The van der Waals surface area contributed by atoms with E-state index >= 15 is 0 Å². The van der Waals surface area contributed by atoms with E-state index in [1.165, 1.54) is 17.7 Å². The maximum absolute atomic E-state index is 12.6. The topological polar surface area (TPSA) is 84.7 Å². The molecule has 0 radical (unpaired) electrons. The number of rotatable bonds is 4. The molecule has 0 spiro atoms. The van der Waals surface area contributed by atoms with E-state index < -0.39 is 0 Å². The van der Waals surface area contributed by atoms with Crippen LogP contribution in [0.5, 0.6) is 5.75 Å². The van der Waals surface area contributed by atoms with Crippen LogP contribution in [-0.4, -0.2) is 64.7 Å². The largest absolute Gasteiger partial charge is 0.496 e. The second kappa shape index (κ2) is 8.03. The Morgan fingerprint density at radius 1 is 1.04 bits per heavy atom. The summed E-state index contributed by atoms with van der Waals surface area (Å²) < 4.78 is 6.51. The van der Waals surface area contributed by atoms with Crippen LogP contribution in [0.1, 0.15) is 6.92 Å². The maximum atomic E-state index is 12.6. The minimum Gasteiger partial charge on any atom is -0.496 e. The zero-order chi connectivity index (χ0) is 19.4. The molecule has 2 amide bonds. The van der Waals surface area contributed by atoms with Crippen molar-refractivity contribution in [2.75, 3.05) is 33.3 Å². The summed E-state index contributed by atoms with van der Waals surface area (Å²) in [4.78, 5) is 39.5. The number of aromatic nitrogens is 2. The van der Waals surface area contributed by atoms with Crippen LogP contribution >= 0.6 is 0 Å². The number of hydrogen-bond acceptors (Lipinski definition) is 5. The van der Waals surface area contributed by atoms with Crippen molar-refractivity contribution in [1.82, 2.24) is 19.6 Å². The molecule has 0 atom stereocenters. The quantitative estimate of drug-likeness (QED) is 0.787. The molecule has 0 aliphatic carbocycles. The molecular formula is C19H22N4O4. The summed E-state index contributed by atoms with van der Waals surface area (Å²) in [6.45, 7) is 3.31. The van der Waals surface area contributed by atoms with Crippen molar-refractivity contribution in [2.24, 2.45) is 0 Å². The molecule has 8 nitrogen and oxygen atoms in total. The molecule has 0 bridgehead atoms. The monoisotopic (exact) mass is 370 g/mol. The molecule has 0 saturated carbocycles. The van der Waals surface area contributed by atoms with Gasteiger partial charge in [-0.2, -0.15) is 5.10 Å². The molecule has 1 aliphatic rings. The fourth-order valence-electron chi connectivity index (χ4n) is 3.06. The van der Waals surface area contributed by atoms with Gasteiger partial charge in [0.15, 0.2) is 0 Å². The third kappa shape index (κ3) is 4.16. The Hall–Kier alpha value is -3.16. The van der Waals surface area contributed by atoms with Crippen molar-refractivity contribution in [2.45, 2.75) is 13.5 Å². The first kappa shape index (κ1) is 18.6. The van der Waals surface area contributed by atoms with Crippen LogP contribution in [0.2, 0.25) is 0 Å². The number of para-hydroxylation sites is 1. The Kier molecular flexibility index (Phi) is 5.54. The summed E-state index contributed by atoms with van der Waals surface area (Å²) in [7, 11) is 1.57. The number of hydrogen-bond donors (Lipinski definition) is 0. The molecule has 0 unspecified atom stereocenters. The highest BCUT2D eigenvalue weighted by atomic mass is 16.5. The molecule has 2 aromatic rings. The van der Waals surface area contributed by atoms with Gasteiger partial charge in [0.1, 0.15) is 12.3 Å². The van der Waals surface area contributed by atoms with Crippen molar-refractivity contribution in [3.63, 3.8) is 0 Å². The van der Waals surface area contributed by atoms with Gasteiger partial charge in [-0.15, -0.1) is 0 Å². The van der Waals surface area contributed by atoms with Crippen LogP contribution in [-0.2, 0) is 16.1 Å². The molecule has 1 fully saturated rings. The Morgan fingerprint density at radius 2 is 1.70 bits per heavy atom. The smallest absolute Gasteiger partial charge is 0.267 e. The molecule has 0 N–H and O–H groups in total. The van der Waals surface area contributed by atoms with Crippen LogP contribution < -0.4 is 10.3 Å². The lowest BCUT2D eigenvalue weighted by molar-refractivity contribution is -0.139. The minimum absolute atomic E-state index is 0.00416. The zero-order valence-electron chi connectivity index (χ0n) is 15.4. The fraction of sp³-hybridized carbons (Fsp3) is 0.368. The molecule has 2 heterocycles. The van der Waals surface area contributed by atoms with E-state index in [9.17, 15) is 14.4 Å². The first-order chi connectivity index (χ1) is 13.0. The second-order valence-corrected chi connectivity index (χ2v) is 6.30. The van der Waals surface area contributed by atoms with Gasteiger partial charge in [0, 0.05) is 44.7 Å². The standard InChI is InChI=1S/C19H22N4O4/c1-14(24)21-9-11-22(12-10-21)19(26)13-23-18(25)8-7-16(20-23)15-5-3-4-6-17(15)27-2/h3-8H,9-13H2,1-2H3. The molecule has 8 heteroatoms. The normalized spacial score (nSPS) is 14.1. The number of nitrogens with zero attached hydrogens (tertiary/aromatic N) is 4. The van der Waals surface area contributed by atoms with E-state index in [0.717, 1.165) is 5.56 Å². The summed E-state index contributed by atoms with van der Waals surface area (Å²) in [5.74, 6) is 0.455. The molecule has 27 heavy (non-hydrogen) atoms. The lowest BCUT2D eigenvalue weighted by Crippen LogP contribution is -2.51. The van der Waals surface area contributed by atoms with Crippen molar-refractivity contribution >= 4 is 11.8 Å². The summed E-state index contributed by atoms with van der Waals surface area (Å²) in [5, 5.41) is 4.34. The molecule has 1 aromatic carbocycles. The Morgan fingerprint density at radius 3 is 2.37 bits per heavy atom. The molecule has 1 saturated heterocycles. The van der Waals surface area contributed by atoms with Crippen molar-refractivity contribution < 1.29 is 14.3 Å². The average molecular weight is 370 g/mol. The van der Waals surface area contributed by atoms with Crippen LogP contribution in [0.4, 0.5) is 0 Å². The van der Waals surface area contributed by atoms with Crippen molar-refractivity contribution in [1.29, 1.82) is 0 Å². The van der Waals surface area contributed by atoms with Crippen LogP contribution in [0, 0.1) is 0 Å². The summed E-state index contributed by atoms with van der Waals surface area (Å²) in [5.41, 5.74) is 0.960. The first-order valence-electron chi connectivity index (χ1n) is 8.74. The first-order valence-corrected chi connectivity index (χ1v) is 8.74. The Balaban J connectivity index is 1.76. The second-order valence-electron chi connectivity index (χ2n) is 6.30. The van der Waals surface area contributed by atoms with Gasteiger partial charge in [-0.1, -0.05) is 12.1 Å².